The van der Waals surface area contributed by atoms with E-state index in [9.17, 15) is 4.79 Å². The minimum atomic E-state index is -0.394. The van der Waals surface area contributed by atoms with Crippen molar-refractivity contribution in [1.29, 1.82) is 0 Å². The number of hydrogen-bond acceptors (Lipinski definition) is 3. The van der Waals surface area contributed by atoms with E-state index in [2.05, 4.69) is 9.97 Å². The molecule has 0 unspecified atom stereocenters. The molecule has 0 aliphatic carbocycles. The fourth-order valence-corrected chi connectivity index (χ4v) is 0.471. The van der Waals surface area contributed by atoms with Gasteiger partial charge in [0.15, 0.2) is 5.88 Å². The Balaban J connectivity index is 0.000000461. The van der Waals surface area contributed by atoms with Gasteiger partial charge in [-0.1, -0.05) is 13.8 Å². The van der Waals surface area contributed by atoms with Crippen molar-refractivity contribution in [1.82, 2.24) is 9.97 Å². The highest BCUT2D eigenvalue weighted by molar-refractivity contribution is 5.03. The van der Waals surface area contributed by atoms with Crippen molar-refractivity contribution < 1.29 is 4.74 Å². The minimum absolute atomic E-state index is 0.394. The van der Waals surface area contributed by atoms with Crippen LogP contribution >= 0.6 is 0 Å². The number of aromatic amines is 1. The summed E-state index contributed by atoms with van der Waals surface area (Å²) in [6.07, 6.45) is 1.39. The van der Waals surface area contributed by atoms with E-state index in [4.69, 9.17) is 4.74 Å². The second-order valence-corrected chi connectivity index (χ2v) is 1.44. The monoisotopic (exact) mass is 156 g/mol. The number of nitrogens with one attached hydrogen (secondary N) is 1. The first-order chi connectivity index (χ1) is 5.33. The molecule has 0 aromatic carbocycles. The SMILES string of the molecule is CC.COc1ccnc(=O)[nH]1. The maximum atomic E-state index is 10.4. The molecule has 0 fully saturated rings. The van der Waals surface area contributed by atoms with Crippen LogP contribution in [-0.4, -0.2) is 17.1 Å². The van der Waals surface area contributed by atoms with E-state index >= 15 is 0 Å². The number of methoxy groups -OCH3 is 1. The number of nitrogens with zero attached hydrogens (tertiary/aromatic N) is 1. The molecule has 4 nitrogen and oxygen atoms in total. The second kappa shape index (κ2) is 5.46. The Morgan fingerprint density at radius 3 is 2.55 bits per heavy atom. The van der Waals surface area contributed by atoms with Crippen molar-refractivity contribution in [3.05, 3.63) is 22.7 Å². The zero-order valence-electron chi connectivity index (χ0n) is 6.92. The van der Waals surface area contributed by atoms with Gasteiger partial charge in [-0.3, -0.25) is 4.98 Å². The van der Waals surface area contributed by atoms with Crippen LogP contribution in [0.1, 0.15) is 13.8 Å². The maximum absolute atomic E-state index is 10.4. The Morgan fingerprint density at radius 2 is 2.18 bits per heavy atom. The fraction of sp³-hybridized carbons (Fsp3) is 0.429. The summed E-state index contributed by atoms with van der Waals surface area (Å²) in [7, 11) is 1.48. The molecule has 0 spiro atoms. The molecule has 0 atom stereocenters. The quantitative estimate of drug-likeness (QED) is 0.654. The Labute approximate surface area is 65.2 Å². The van der Waals surface area contributed by atoms with E-state index in [0.717, 1.165) is 0 Å². The zero-order valence-corrected chi connectivity index (χ0v) is 6.92. The van der Waals surface area contributed by atoms with Crippen LogP contribution in [-0.2, 0) is 0 Å². The largest absolute Gasteiger partial charge is 0.482 e. The van der Waals surface area contributed by atoms with Gasteiger partial charge in [-0.2, -0.15) is 0 Å². The van der Waals surface area contributed by atoms with Crippen LogP contribution in [0.4, 0.5) is 0 Å². The molecule has 4 heteroatoms. The predicted molar refractivity (Wildman–Crippen MR) is 42.8 cm³/mol. The molecular weight excluding hydrogens is 144 g/mol. The van der Waals surface area contributed by atoms with Crippen molar-refractivity contribution in [3.63, 3.8) is 0 Å². The summed E-state index contributed by atoms with van der Waals surface area (Å²) in [6.45, 7) is 4.00. The molecule has 62 valence electrons. The first-order valence-corrected chi connectivity index (χ1v) is 3.42. The highest BCUT2D eigenvalue weighted by atomic mass is 16.5. The number of H-pyrrole nitrogens is 1. The molecule has 0 aliphatic heterocycles. The first-order valence-electron chi connectivity index (χ1n) is 3.42. The Bertz CT molecular complexity index is 244. The molecule has 1 rings (SSSR count). The molecule has 0 saturated heterocycles. The molecule has 1 aromatic rings. The van der Waals surface area contributed by atoms with Gasteiger partial charge < -0.3 is 4.74 Å². The third-order valence-electron chi connectivity index (χ3n) is 0.868. The number of hydrogen-bond donors (Lipinski definition) is 1. The Morgan fingerprint density at radius 1 is 1.55 bits per heavy atom. The zero-order chi connectivity index (χ0) is 8.69. The average Bonchev–Trinajstić information content (AvgIpc) is 2.08. The lowest BCUT2D eigenvalue weighted by Gasteiger charge is -1.93. The Kier molecular flexibility index (Phi) is 4.81. The van der Waals surface area contributed by atoms with Crippen LogP contribution in [0.3, 0.4) is 0 Å². The highest BCUT2D eigenvalue weighted by Gasteiger charge is 1.86. The lowest BCUT2D eigenvalue weighted by molar-refractivity contribution is 0.395. The van der Waals surface area contributed by atoms with E-state index < -0.39 is 5.69 Å². The van der Waals surface area contributed by atoms with Crippen molar-refractivity contribution in [2.45, 2.75) is 13.8 Å². The topological polar surface area (TPSA) is 55.0 Å². The van der Waals surface area contributed by atoms with E-state index in [0.29, 0.717) is 5.88 Å². The van der Waals surface area contributed by atoms with Gasteiger partial charge in [0.1, 0.15) is 0 Å². The van der Waals surface area contributed by atoms with E-state index in [1.807, 2.05) is 13.8 Å². The fourth-order valence-electron chi connectivity index (χ4n) is 0.471. The van der Waals surface area contributed by atoms with Gasteiger partial charge in [-0.15, -0.1) is 0 Å². The van der Waals surface area contributed by atoms with Crippen LogP contribution < -0.4 is 10.4 Å². The molecule has 11 heavy (non-hydrogen) atoms. The summed E-state index contributed by atoms with van der Waals surface area (Å²) in [6, 6.07) is 1.57. The number of ether oxygens (including phenoxy) is 1. The second-order valence-electron chi connectivity index (χ2n) is 1.44. The van der Waals surface area contributed by atoms with Crippen molar-refractivity contribution >= 4 is 0 Å². The standard InChI is InChI=1S/C5H6N2O2.C2H6/c1-9-4-2-3-6-5(8)7-4;1-2/h2-3H,1H3,(H,6,7,8);1-2H3. The summed E-state index contributed by atoms with van der Waals surface area (Å²) in [5.41, 5.74) is -0.394. The van der Waals surface area contributed by atoms with Crippen LogP contribution in [0.5, 0.6) is 5.88 Å². The average molecular weight is 156 g/mol. The third-order valence-corrected chi connectivity index (χ3v) is 0.868. The molecule has 1 aromatic heterocycles. The maximum Gasteiger partial charge on any atom is 0.347 e. The van der Waals surface area contributed by atoms with Gasteiger partial charge >= 0.3 is 5.69 Å². The van der Waals surface area contributed by atoms with Gasteiger partial charge in [0.05, 0.1) is 7.11 Å². The summed E-state index contributed by atoms with van der Waals surface area (Å²) >= 11 is 0. The summed E-state index contributed by atoms with van der Waals surface area (Å²) < 4.78 is 4.70. The minimum Gasteiger partial charge on any atom is -0.482 e. The number of aromatic nitrogens is 2. The molecule has 0 radical (unpaired) electrons. The van der Waals surface area contributed by atoms with Crippen LogP contribution in [0, 0.1) is 0 Å². The van der Waals surface area contributed by atoms with Crippen LogP contribution in [0.15, 0.2) is 17.1 Å². The van der Waals surface area contributed by atoms with Crippen molar-refractivity contribution in [2.24, 2.45) is 0 Å². The molecule has 0 aliphatic rings. The summed E-state index contributed by atoms with van der Waals surface area (Å²) in [5, 5.41) is 0. The molecule has 1 heterocycles. The summed E-state index contributed by atoms with van der Waals surface area (Å²) in [4.78, 5) is 16.2. The third kappa shape index (κ3) is 3.40. The predicted octanol–water partition coefficient (Wildman–Crippen LogP) is 0.805. The van der Waals surface area contributed by atoms with Crippen molar-refractivity contribution in [2.75, 3.05) is 7.11 Å². The van der Waals surface area contributed by atoms with Gasteiger partial charge in [0, 0.05) is 12.3 Å². The van der Waals surface area contributed by atoms with Gasteiger partial charge in [-0.25, -0.2) is 9.78 Å². The van der Waals surface area contributed by atoms with Crippen LogP contribution in [0.2, 0.25) is 0 Å². The first kappa shape index (κ1) is 9.68. The summed E-state index contributed by atoms with van der Waals surface area (Å²) in [5.74, 6) is 0.426. The van der Waals surface area contributed by atoms with Gasteiger partial charge in [-0.05, 0) is 0 Å². The lowest BCUT2D eigenvalue weighted by Crippen LogP contribution is -2.09. The lowest BCUT2D eigenvalue weighted by atomic mass is 10.6. The highest BCUT2D eigenvalue weighted by Crippen LogP contribution is 1.95. The molecular formula is C7H12N2O2. The van der Waals surface area contributed by atoms with E-state index in [1.54, 1.807) is 6.07 Å². The number of rotatable bonds is 1. The van der Waals surface area contributed by atoms with E-state index in [-0.39, 0.29) is 0 Å². The van der Waals surface area contributed by atoms with Crippen LogP contribution in [0.25, 0.3) is 0 Å². The molecule has 1 N–H and O–H groups in total. The Hall–Kier alpha value is -1.32. The van der Waals surface area contributed by atoms with Gasteiger partial charge in [0.25, 0.3) is 0 Å². The molecule has 0 bridgehead atoms. The molecule has 0 amide bonds. The normalized spacial score (nSPS) is 7.91. The van der Waals surface area contributed by atoms with E-state index in [1.165, 1.54) is 13.3 Å². The smallest absolute Gasteiger partial charge is 0.347 e. The molecule has 0 saturated carbocycles. The van der Waals surface area contributed by atoms with Crippen molar-refractivity contribution in [3.8, 4) is 5.88 Å². The van der Waals surface area contributed by atoms with Gasteiger partial charge in [0.2, 0.25) is 0 Å².